The van der Waals surface area contributed by atoms with E-state index in [1.807, 2.05) is 0 Å². The Morgan fingerprint density at radius 1 is 1.09 bits per heavy atom. The van der Waals surface area contributed by atoms with Crippen LogP contribution >= 0.6 is 23.5 Å². The van der Waals surface area contributed by atoms with Gasteiger partial charge in [-0.25, -0.2) is 18.1 Å². The van der Waals surface area contributed by atoms with Gasteiger partial charge in [0.2, 0.25) is 5.95 Å². The third-order valence-electron chi connectivity index (χ3n) is 4.08. The van der Waals surface area contributed by atoms with Gasteiger partial charge in [-0.15, -0.1) is 0 Å². The number of pyridine rings is 1. The first kappa shape index (κ1) is 27.3. The van der Waals surface area contributed by atoms with Crippen LogP contribution in [0.15, 0.2) is 4.79 Å². The van der Waals surface area contributed by atoms with Gasteiger partial charge in [0, 0.05) is 7.11 Å². The van der Waals surface area contributed by atoms with E-state index in [1.165, 1.54) is 0 Å². The van der Waals surface area contributed by atoms with E-state index >= 15 is 0 Å². The van der Waals surface area contributed by atoms with Gasteiger partial charge in [0.1, 0.15) is 30.2 Å². The molecule has 0 amide bonds. The van der Waals surface area contributed by atoms with Gasteiger partial charge in [0.25, 0.3) is 5.56 Å². The first-order chi connectivity index (χ1) is 14.5. The van der Waals surface area contributed by atoms with E-state index in [1.54, 1.807) is 4.98 Å². The van der Waals surface area contributed by atoms with Crippen molar-refractivity contribution >= 4 is 23.5 Å². The van der Waals surface area contributed by atoms with Crippen LogP contribution in [0.25, 0.3) is 0 Å². The van der Waals surface area contributed by atoms with Crippen molar-refractivity contribution in [2.24, 2.45) is 0 Å². The van der Waals surface area contributed by atoms with Crippen LogP contribution in [-0.4, -0.2) is 61.7 Å². The molecule has 1 aliphatic heterocycles. The van der Waals surface area contributed by atoms with Crippen molar-refractivity contribution in [3.05, 3.63) is 33.2 Å². The molecule has 1 aromatic rings. The third kappa shape index (κ3) is 6.58. The van der Waals surface area contributed by atoms with Gasteiger partial charge in [0.15, 0.2) is 0 Å². The van der Waals surface area contributed by atoms with E-state index in [-0.39, 0.29) is 0 Å². The first-order valence-electron chi connectivity index (χ1n) is 8.20. The first-order valence-corrected chi connectivity index (χ1v) is 12.7. The van der Waals surface area contributed by atoms with Gasteiger partial charge in [-0.2, -0.15) is 13.0 Å². The Bertz CT molecular complexity index is 1060. The molecule has 3 unspecified atom stereocenters. The van der Waals surface area contributed by atoms with Crippen LogP contribution < -0.4 is 5.56 Å². The van der Waals surface area contributed by atoms with E-state index in [0.717, 1.165) is 14.0 Å². The number of halogens is 2. The molecular weight excluding hydrogens is 513 g/mol. The number of methoxy groups -OCH3 is 1. The number of hydrogen-bond donors (Lipinski definition) is 6. The van der Waals surface area contributed by atoms with Crippen molar-refractivity contribution in [2.75, 3.05) is 13.7 Å². The summed E-state index contributed by atoms with van der Waals surface area (Å²) in [6.45, 7) is -0.0378. The minimum atomic E-state index is -5.78. The summed E-state index contributed by atoms with van der Waals surface area (Å²) in [5.74, 6) is -2.72. The highest BCUT2D eigenvalue weighted by Crippen LogP contribution is 2.66. The number of phosphoric ester groups is 1. The summed E-state index contributed by atoms with van der Waals surface area (Å²) in [6.07, 6.45) is -6.48. The molecule has 0 aliphatic carbocycles. The number of aromatic amines is 1. The van der Waals surface area contributed by atoms with E-state index in [4.69, 9.17) is 24.2 Å². The minimum absolute atomic E-state index is 0.494. The lowest BCUT2D eigenvalue weighted by Crippen LogP contribution is -2.34. The monoisotopic (exact) mass is 531 g/mol. The molecular formula is C12H18F2NO14P3. The fraction of sp³-hybridized carbons (Fsp3) is 0.583. The summed E-state index contributed by atoms with van der Waals surface area (Å²) in [5.41, 5.74) is -2.36. The van der Waals surface area contributed by atoms with Crippen molar-refractivity contribution in [1.82, 2.24) is 4.98 Å². The largest absolute Gasteiger partial charge is 0.490 e. The molecule has 0 radical (unpaired) electrons. The summed E-state index contributed by atoms with van der Waals surface area (Å²) < 4.78 is 84.0. The number of aliphatic hydroxyl groups is 1. The molecule has 32 heavy (non-hydrogen) atoms. The number of phosphoric acid groups is 3. The van der Waals surface area contributed by atoms with Crippen LogP contribution in [-0.2, 0) is 36.3 Å². The Morgan fingerprint density at radius 3 is 2.22 bits per heavy atom. The van der Waals surface area contributed by atoms with E-state index in [2.05, 4.69) is 13.1 Å². The summed E-state index contributed by atoms with van der Waals surface area (Å²) in [7, 11) is -15.9. The lowest BCUT2D eigenvalue weighted by Gasteiger charge is -2.20. The van der Waals surface area contributed by atoms with Crippen LogP contribution in [0.4, 0.5) is 8.78 Å². The number of H-pyrrole nitrogens is 1. The zero-order chi connectivity index (χ0) is 24.6. The van der Waals surface area contributed by atoms with Gasteiger partial charge in [-0.05, 0) is 6.92 Å². The van der Waals surface area contributed by atoms with Gasteiger partial charge < -0.3 is 34.2 Å². The molecule has 6 N–H and O–H groups in total. The zero-order valence-corrected chi connectivity index (χ0v) is 18.7. The van der Waals surface area contributed by atoms with Crippen LogP contribution in [0.2, 0.25) is 0 Å². The molecule has 1 aliphatic rings. The van der Waals surface area contributed by atoms with Gasteiger partial charge in [0.05, 0.1) is 17.7 Å². The minimum Gasteiger partial charge on any atom is -0.387 e. The Labute approximate surface area is 177 Å². The number of aliphatic hydroxyl groups excluding tert-OH is 1. The lowest BCUT2D eigenvalue weighted by molar-refractivity contribution is -0.0259. The standard InChI is InChI=1S/C12H18F2NO14P3/c1-4-7(13)6(11(14)15-12(4)17)9-10(25-2)8(16)5(27-9)3-26-31(21,22)29-32(23,24)28-30(18,19)20/h5,8-10,16H,3H2,1-2H3,(H,15,17)(H,21,22)(H,23,24)(H2,18,19,20)/t5-,8?,9+,10+/m1/s1. The maximum atomic E-state index is 14.5. The Morgan fingerprint density at radius 2 is 1.69 bits per heavy atom. The predicted molar refractivity (Wildman–Crippen MR) is 96.0 cm³/mol. The van der Waals surface area contributed by atoms with Crippen molar-refractivity contribution in [3.8, 4) is 0 Å². The number of rotatable bonds is 9. The number of aromatic nitrogens is 1. The number of nitrogens with one attached hydrogen (secondary N) is 1. The van der Waals surface area contributed by atoms with Crippen molar-refractivity contribution in [1.29, 1.82) is 0 Å². The molecule has 0 saturated carbocycles. The van der Waals surface area contributed by atoms with Gasteiger partial charge in [-0.1, -0.05) is 0 Å². The molecule has 0 spiro atoms. The van der Waals surface area contributed by atoms with Gasteiger partial charge in [-0.3, -0.25) is 14.3 Å². The molecule has 0 aromatic carbocycles. The van der Waals surface area contributed by atoms with Crippen LogP contribution in [0.1, 0.15) is 17.2 Å². The summed E-state index contributed by atoms with van der Waals surface area (Å²) in [6, 6.07) is 0. The highest BCUT2D eigenvalue weighted by atomic mass is 31.3. The second-order valence-electron chi connectivity index (χ2n) is 6.29. The molecule has 2 heterocycles. The van der Waals surface area contributed by atoms with Crippen LogP contribution in [0.3, 0.4) is 0 Å². The number of hydrogen-bond acceptors (Lipinski definition) is 10. The molecule has 0 bridgehead atoms. The van der Waals surface area contributed by atoms with Gasteiger partial charge >= 0.3 is 23.5 Å². The predicted octanol–water partition coefficient (Wildman–Crippen LogP) is 0.121. The average molecular weight is 531 g/mol. The summed E-state index contributed by atoms with van der Waals surface area (Å²) >= 11 is 0. The molecule has 1 saturated heterocycles. The van der Waals surface area contributed by atoms with E-state index < -0.39 is 82.9 Å². The van der Waals surface area contributed by atoms with E-state index in [0.29, 0.717) is 0 Å². The van der Waals surface area contributed by atoms with E-state index in [9.17, 15) is 37.3 Å². The third-order valence-corrected chi connectivity index (χ3v) is 7.88. The highest BCUT2D eigenvalue weighted by Gasteiger charge is 2.49. The topological polar surface area (TPSA) is 231 Å². The Kier molecular flexibility index (Phi) is 8.34. The van der Waals surface area contributed by atoms with Crippen LogP contribution in [0, 0.1) is 18.7 Å². The van der Waals surface area contributed by atoms with Crippen molar-refractivity contribution in [2.45, 2.75) is 31.3 Å². The average Bonchev–Trinajstić information content (AvgIpc) is 2.90. The van der Waals surface area contributed by atoms with Crippen LogP contribution in [0.5, 0.6) is 0 Å². The number of ether oxygens (including phenoxy) is 2. The molecule has 184 valence electrons. The summed E-state index contributed by atoms with van der Waals surface area (Å²) in [5, 5.41) is 10.3. The fourth-order valence-corrected chi connectivity index (χ4v) is 5.78. The maximum Gasteiger partial charge on any atom is 0.490 e. The van der Waals surface area contributed by atoms with Crippen molar-refractivity contribution < 1.29 is 69.8 Å². The second-order valence-corrected chi connectivity index (χ2v) is 10.7. The Balaban J connectivity index is 2.19. The molecule has 2 rings (SSSR count). The normalized spacial score (nSPS) is 27.8. The highest BCUT2D eigenvalue weighted by molar-refractivity contribution is 7.66. The lowest BCUT2D eigenvalue weighted by atomic mass is 10.0. The fourth-order valence-electron chi connectivity index (χ4n) is 2.75. The second kappa shape index (κ2) is 9.76. The smallest absolute Gasteiger partial charge is 0.387 e. The Hall–Kier alpha value is -0.900. The SMILES string of the molecule is CO[C@H]1C(O)[C@@H](COP(=O)(O)OP(=O)(O)OP(=O)(O)O)O[C@H]1c1c(F)[nH]c(=O)c(C)c1F. The summed E-state index contributed by atoms with van der Waals surface area (Å²) in [4.78, 5) is 48.7. The quantitative estimate of drug-likeness (QED) is 0.184. The molecule has 15 nitrogen and oxygen atoms in total. The molecule has 20 heteroatoms. The van der Waals surface area contributed by atoms with Crippen molar-refractivity contribution in [3.63, 3.8) is 0 Å². The molecule has 1 aromatic heterocycles. The maximum absolute atomic E-state index is 14.5. The molecule has 1 fully saturated rings. The molecule has 6 atom stereocenters. The zero-order valence-electron chi connectivity index (χ0n) is 16.0.